The van der Waals surface area contributed by atoms with Gasteiger partial charge >= 0.3 is 0 Å². The van der Waals surface area contributed by atoms with E-state index in [2.05, 4.69) is 6.07 Å². The third-order valence-electron chi connectivity index (χ3n) is 4.48. The van der Waals surface area contributed by atoms with Gasteiger partial charge in [-0.1, -0.05) is 29.8 Å². The SMILES string of the molecule is NC(=O)c1cccc2c1c1[c]ccc(Cl)c1n2Cc1ccc(F)c(F)c1F. The van der Waals surface area contributed by atoms with Crippen LogP contribution in [0.3, 0.4) is 0 Å². The molecule has 0 aliphatic carbocycles. The minimum absolute atomic E-state index is 0.0582. The van der Waals surface area contributed by atoms with Gasteiger partial charge in [0.05, 0.1) is 22.6 Å². The number of nitrogens with zero attached hydrogens (tertiary/aromatic N) is 1. The lowest BCUT2D eigenvalue weighted by Gasteiger charge is -2.10. The highest BCUT2D eigenvalue weighted by molar-refractivity contribution is 6.36. The zero-order valence-electron chi connectivity index (χ0n) is 13.7. The summed E-state index contributed by atoms with van der Waals surface area (Å²) in [6.45, 7) is -0.122. The molecule has 4 rings (SSSR count). The topological polar surface area (TPSA) is 48.0 Å². The van der Waals surface area contributed by atoms with Crippen LogP contribution in [0.4, 0.5) is 13.2 Å². The average Bonchev–Trinajstić information content (AvgIpc) is 2.97. The first kappa shape index (κ1) is 17.4. The van der Waals surface area contributed by atoms with Crippen LogP contribution in [-0.2, 0) is 6.54 Å². The van der Waals surface area contributed by atoms with Gasteiger partial charge in [0, 0.05) is 21.9 Å². The predicted octanol–water partition coefficient (Wildman–Crippen LogP) is 4.81. The number of hydrogen-bond donors (Lipinski definition) is 1. The quantitative estimate of drug-likeness (QED) is 0.504. The molecule has 4 aromatic rings. The monoisotopic (exact) mass is 387 g/mol. The third kappa shape index (κ3) is 2.64. The van der Waals surface area contributed by atoms with Crippen LogP contribution < -0.4 is 5.73 Å². The van der Waals surface area contributed by atoms with Gasteiger partial charge in [-0.3, -0.25) is 4.79 Å². The number of benzene rings is 3. The van der Waals surface area contributed by atoms with E-state index in [9.17, 15) is 18.0 Å². The maximum atomic E-state index is 14.2. The largest absolute Gasteiger partial charge is 0.366 e. The third-order valence-corrected chi connectivity index (χ3v) is 4.79. The highest BCUT2D eigenvalue weighted by Crippen LogP contribution is 2.36. The first-order valence-electron chi connectivity index (χ1n) is 7.93. The molecule has 0 spiro atoms. The van der Waals surface area contributed by atoms with Gasteiger partial charge in [0.15, 0.2) is 17.5 Å². The second kappa shape index (κ2) is 6.32. The lowest BCUT2D eigenvalue weighted by molar-refractivity contribution is 0.100. The number of carbonyl (C=O) groups is 1. The second-order valence-corrected chi connectivity index (χ2v) is 6.44. The molecule has 7 heteroatoms. The van der Waals surface area contributed by atoms with Crippen molar-refractivity contribution in [2.24, 2.45) is 5.73 Å². The van der Waals surface area contributed by atoms with E-state index < -0.39 is 23.4 Å². The van der Waals surface area contributed by atoms with Crippen molar-refractivity contribution in [1.29, 1.82) is 0 Å². The Morgan fingerprint density at radius 3 is 2.63 bits per heavy atom. The van der Waals surface area contributed by atoms with E-state index in [1.54, 1.807) is 34.9 Å². The number of halogens is 4. The van der Waals surface area contributed by atoms with E-state index in [4.69, 9.17) is 17.3 Å². The molecule has 0 saturated heterocycles. The minimum atomic E-state index is -1.54. The smallest absolute Gasteiger partial charge is 0.249 e. The second-order valence-electron chi connectivity index (χ2n) is 6.03. The predicted molar refractivity (Wildman–Crippen MR) is 97.2 cm³/mol. The molecule has 135 valence electrons. The van der Waals surface area contributed by atoms with Crippen molar-refractivity contribution in [1.82, 2.24) is 4.57 Å². The van der Waals surface area contributed by atoms with Crippen LogP contribution in [0.5, 0.6) is 0 Å². The van der Waals surface area contributed by atoms with Gasteiger partial charge in [-0.25, -0.2) is 13.2 Å². The van der Waals surface area contributed by atoms with Gasteiger partial charge in [-0.15, -0.1) is 0 Å². The highest BCUT2D eigenvalue weighted by Gasteiger charge is 2.20. The molecule has 1 radical (unpaired) electrons. The van der Waals surface area contributed by atoms with Crippen molar-refractivity contribution < 1.29 is 18.0 Å². The molecule has 0 unspecified atom stereocenters. The Hall–Kier alpha value is -2.99. The van der Waals surface area contributed by atoms with Crippen molar-refractivity contribution in [3.63, 3.8) is 0 Å². The summed E-state index contributed by atoms with van der Waals surface area (Å²) < 4.78 is 42.7. The van der Waals surface area contributed by atoms with E-state index in [1.807, 2.05) is 0 Å². The molecule has 0 saturated carbocycles. The average molecular weight is 388 g/mol. The highest BCUT2D eigenvalue weighted by atomic mass is 35.5. The van der Waals surface area contributed by atoms with E-state index >= 15 is 0 Å². The summed E-state index contributed by atoms with van der Waals surface area (Å²) in [5.74, 6) is -4.70. The fourth-order valence-electron chi connectivity index (χ4n) is 3.30. The molecule has 3 nitrogen and oxygen atoms in total. The standard InChI is InChI=1S/C20H11ClF3N2O/c21-13-5-1-3-11-16-12(20(25)27)4-2-6-15(16)26(19(11)13)9-10-7-8-14(22)18(24)17(10)23/h1-2,4-8H,9H2,(H2,25,27). The molecule has 1 heterocycles. The number of hydrogen-bond acceptors (Lipinski definition) is 1. The fourth-order valence-corrected chi connectivity index (χ4v) is 3.55. The summed E-state index contributed by atoms with van der Waals surface area (Å²) in [5.41, 5.74) is 6.73. The van der Waals surface area contributed by atoms with Crippen LogP contribution in [-0.4, -0.2) is 10.5 Å². The lowest BCUT2D eigenvalue weighted by Crippen LogP contribution is -2.11. The molecule has 0 bridgehead atoms. The molecule has 27 heavy (non-hydrogen) atoms. The van der Waals surface area contributed by atoms with E-state index in [0.29, 0.717) is 26.8 Å². The molecule has 0 fully saturated rings. The summed E-state index contributed by atoms with van der Waals surface area (Å²) in [6.07, 6.45) is 0. The zero-order chi connectivity index (χ0) is 19.3. The Balaban J connectivity index is 2.07. The van der Waals surface area contributed by atoms with Crippen molar-refractivity contribution in [3.8, 4) is 0 Å². The van der Waals surface area contributed by atoms with E-state index in [0.717, 1.165) is 6.07 Å². The van der Waals surface area contributed by atoms with Crippen LogP contribution >= 0.6 is 11.6 Å². The number of aromatic nitrogens is 1. The van der Waals surface area contributed by atoms with Crippen molar-refractivity contribution in [3.05, 3.63) is 82.1 Å². The Morgan fingerprint density at radius 2 is 1.89 bits per heavy atom. The normalized spacial score (nSPS) is 11.4. The number of rotatable bonds is 3. The Kier molecular flexibility index (Phi) is 4.08. The van der Waals surface area contributed by atoms with Gasteiger partial charge in [0.1, 0.15) is 0 Å². The first-order valence-corrected chi connectivity index (χ1v) is 8.31. The summed E-state index contributed by atoms with van der Waals surface area (Å²) in [4.78, 5) is 11.9. The zero-order valence-corrected chi connectivity index (χ0v) is 14.4. The lowest BCUT2D eigenvalue weighted by atomic mass is 10.1. The van der Waals surface area contributed by atoms with Gasteiger partial charge in [-0.05, 0) is 30.3 Å². The number of fused-ring (bicyclic) bond motifs is 3. The molecular weight excluding hydrogens is 377 g/mol. The maximum absolute atomic E-state index is 14.2. The Morgan fingerprint density at radius 1 is 1.11 bits per heavy atom. The molecular formula is C20H11ClF3N2O. The van der Waals surface area contributed by atoms with Gasteiger partial charge in [0.2, 0.25) is 5.91 Å². The number of nitrogens with two attached hydrogens (primary N) is 1. The van der Waals surface area contributed by atoms with Gasteiger partial charge in [0.25, 0.3) is 0 Å². The van der Waals surface area contributed by atoms with E-state index in [1.165, 1.54) is 6.07 Å². The fraction of sp³-hybridized carbons (Fsp3) is 0.0500. The summed E-state index contributed by atoms with van der Waals surface area (Å²) in [6, 6.07) is 13.2. The van der Waals surface area contributed by atoms with Gasteiger partial charge in [-0.2, -0.15) is 0 Å². The molecule has 0 aliphatic rings. The maximum Gasteiger partial charge on any atom is 0.249 e. The number of amides is 1. The molecule has 0 atom stereocenters. The van der Waals surface area contributed by atoms with Crippen LogP contribution in [0.1, 0.15) is 15.9 Å². The van der Waals surface area contributed by atoms with Crippen LogP contribution in [0.15, 0.2) is 42.5 Å². The van der Waals surface area contributed by atoms with Crippen molar-refractivity contribution >= 4 is 39.3 Å². The van der Waals surface area contributed by atoms with E-state index in [-0.39, 0.29) is 17.7 Å². The Labute approximate surface area is 156 Å². The number of primary amides is 1. The Bertz CT molecular complexity index is 1230. The summed E-state index contributed by atoms with van der Waals surface area (Å²) in [5, 5.41) is 1.40. The molecule has 1 aromatic heterocycles. The summed E-state index contributed by atoms with van der Waals surface area (Å²) in [7, 11) is 0. The van der Waals surface area contributed by atoms with Gasteiger partial charge < -0.3 is 10.3 Å². The molecule has 2 N–H and O–H groups in total. The van der Waals surface area contributed by atoms with Crippen LogP contribution in [0, 0.1) is 23.5 Å². The minimum Gasteiger partial charge on any atom is -0.366 e. The molecule has 1 amide bonds. The first-order chi connectivity index (χ1) is 12.9. The summed E-state index contributed by atoms with van der Waals surface area (Å²) >= 11 is 6.34. The van der Waals surface area contributed by atoms with Crippen molar-refractivity contribution in [2.45, 2.75) is 6.54 Å². The molecule has 0 aliphatic heterocycles. The number of carbonyl (C=O) groups excluding carboxylic acids is 1. The van der Waals surface area contributed by atoms with Crippen LogP contribution in [0.25, 0.3) is 21.8 Å². The van der Waals surface area contributed by atoms with Crippen molar-refractivity contribution in [2.75, 3.05) is 0 Å². The molecule has 3 aromatic carbocycles. The van der Waals surface area contributed by atoms with Crippen LogP contribution in [0.2, 0.25) is 5.02 Å².